The van der Waals surface area contributed by atoms with Gasteiger partial charge in [0.25, 0.3) is 10.0 Å². The van der Waals surface area contributed by atoms with Gasteiger partial charge in [-0.1, -0.05) is 97.1 Å². The minimum atomic E-state index is -3.93. The van der Waals surface area contributed by atoms with Crippen LogP contribution in [0.5, 0.6) is 5.75 Å². The van der Waals surface area contributed by atoms with E-state index in [9.17, 15) is 13.2 Å². The first-order chi connectivity index (χ1) is 19.0. The van der Waals surface area contributed by atoms with Crippen LogP contribution in [0.4, 0.5) is 0 Å². The van der Waals surface area contributed by atoms with Crippen LogP contribution in [0.3, 0.4) is 0 Å². The first-order valence-corrected chi connectivity index (χ1v) is 13.7. The number of nitrogens with one attached hydrogen (secondary N) is 1. The zero-order chi connectivity index (χ0) is 26.8. The van der Waals surface area contributed by atoms with Gasteiger partial charge in [0.2, 0.25) is 0 Å². The van der Waals surface area contributed by atoms with Crippen LogP contribution in [-0.4, -0.2) is 20.6 Å². The van der Waals surface area contributed by atoms with Gasteiger partial charge in [-0.3, -0.25) is 0 Å². The minimum Gasteiger partial charge on any atom is -0.422 e. The maximum absolute atomic E-state index is 13.3. The van der Waals surface area contributed by atoms with Gasteiger partial charge in [0.1, 0.15) is 5.75 Å². The van der Waals surface area contributed by atoms with E-state index in [0.717, 1.165) is 32.3 Å². The summed E-state index contributed by atoms with van der Waals surface area (Å²) in [5.41, 5.74) is 0.907. The Labute approximate surface area is 225 Å². The van der Waals surface area contributed by atoms with Crippen molar-refractivity contribution in [3.05, 3.63) is 132 Å². The molecule has 7 heteroatoms. The highest BCUT2D eigenvalue weighted by molar-refractivity contribution is 7.89. The van der Waals surface area contributed by atoms with Crippen LogP contribution < -0.4 is 9.57 Å². The molecule has 0 aliphatic carbocycles. The normalized spacial score (nSPS) is 11.8. The van der Waals surface area contributed by atoms with E-state index in [1.54, 1.807) is 24.3 Å². The Morgan fingerprint density at radius 2 is 1.28 bits per heavy atom. The Morgan fingerprint density at radius 1 is 0.667 bits per heavy atom. The van der Waals surface area contributed by atoms with Gasteiger partial charge in [0.05, 0.1) is 16.7 Å². The summed E-state index contributed by atoms with van der Waals surface area (Å²) in [6, 6.07) is 36.5. The van der Waals surface area contributed by atoms with Crippen molar-refractivity contribution >= 4 is 54.5 Å². The predicted molar refractivity (Wildman–Crippen MR) is 155 cm³/mol. The van der Waals surface area contributed by atoms with E-state index >= 15 is 0 Å². The van der Waals surface area contributed by atoms with E-state index < -0.39 is 16.0 Å². The lowest BCUT2D eigenvalue weighted by Crippen LogP contribution is -2.18. The summed E-state index contributed by atoms with van der Waals surface area (Å²) < 4.78 is 31.8. The van der Waals surface area contributed by atoms with Crippen LogP contribution in [0.25, 0.3) is 32.3 Å². The van der Waals surface area contributed by atoms with E-state index in [1.807, 2.05) is 91.0 Å². The quantitative estimate of drug-likeness (QED) is 0.113. The summed E-state index contributed by atoms with van der Waals surface area (Å²) in [5.74, 6) is -0.256. The first kappa shape index (κ1) is 24.3. The Hall–Kier alpha value is -5.01. The first-order valence-electron chi connectivity index (χ1n) is 12.2. The van der Waals surface area contributed by atoms with Crippen LogP contribution >= 0.6 is 0 Å². The summed E-state index contributed by atoms with van der Waals surface area (Å²) in [5, 5.41) is 9.16. The molecule has 0 spiro atoms. The topological polar surface area (TPSA) is 84.8 Å². The number of ether oxygens (including phenoxy) is 1. The number of benzene rings is 6. The van der Waals surface area contributed by atoms with Gasteiger partial charge in [-0.15, -0.1) is 0 Å². The van der Waals surface area contributed by atoms with Gasteiger partial charge in [0, 0.05) is 5.56 Å². The van der Waals surface area contributed by atoms with Crippen molar-refractivity contribution in [1.82, 2.24) is 4.83 Å². The third-order valence-electron chi connectivity index (χ3n) is 6.54. The van der Waals surface area contributed by atoms with Crippen molar-refractivity contribution in [3.63, 3.8) is 0 Å². The lowest BCUT2D eigenvalue weighted by atomic mass is 10.0. The summed E-state index contributed by atoms with van der Waals surface area (Å²) >= 11 is 0. The maximum atomic E-state index is 13.3. The molecular formula is C32H22N2O4S. The zero-order valence-electron chi connectivity index (χ0n) is 20.6. The molecule has 1 N–H and O–H groups in total. The molecule has 0 radical (unpaired) electrons. The second-order valence-corrected chi connectivity index (χ2v) is 10.6. The molecule has 0 aliphatic heterocycles. The van der Waals surface area contributed by atoms with Gasteiger partial charge >= 0.3 is 5.97 Å². The molecule has 0 fully saturated rings. The van der Waals surface area contributed by atoms with Crippen molar-refractivity contribution < 1.29 is 17.9 Å². The minimum absolute atomic E-state index is 0.0962. The van der Waals surface area contributed by atoms with Crippen molar-refractivity contribution in [3.8, 4) is 5.75 Å². The van der Waals surface area contributed by atoms with Gasteiger partial charge in [0.15, 0.2) is 0 Å². The van der Waals surface area contributed by atoms with Crippen LogP contribution in [0.15, 0.2) is 131 Å². The lowest BCUT2D eigenvalue weighted by Gasteiger charge is -2.12. The molecule has 190 valence electrons. The fraction of sp³-hybridized carbons (Fsp3) is 0. The molecule has 0 aliphatic rings. The molecule has 0 saturated heterocycles. The van der Waals surface area contributed by atoms with E-state index in [0.29, 0.717) is 11.1 Å². The Bertz CT molecular complexity index is 2010. The summed E-state index contributed by atoms with van der Waals surface area (Å²) in [6.07, 6.45) is 1.37. The molecule has 6 aromatic rings. The van der Waals surface area contributed by atoms with Gasteiger partial charge in [-0.25, -0.2) is 9.63 Å². The molecule has 0 unspecified atom stereocenters. The van der Waals surface area contributed by atoms with Crippen LogP contribution in [0.2, 0.25) is 0 Å². The van der Waals surface area contributed by atoms with E-state index in [1.165, 1.54) is 12.3 Å². The average molecular weight is 531 g/mol. The molecule has 0 heterocycles. The Kier molecular flexibility index (Phi) is 6.26. The largest absolute Gasteiger partial charge is 0.422 e. The average Bonchev–Trinajstić information content (AvgIpc) is 2.97. The molecule has 0 bridgehead atoms. The highest BCUT2D eigenvalue weighted by atomic mass is 32.2. The smallest absolute Gasteiger partial charge is 0.344 e. The third-order valence-corrected chi connectivity index (χ3v) is 7.76. The monoisotopic (exact) mass is 530 g/mol. The number of carbonyl (C=O) groups excluding carboxylic acids is 1. The van der Waals surface area contributed by atoms with Gasteiger partial charge < -0.3 is 4.74 Å². The summed E-state index contributed by atoms with van der Waals surface area (Å²) in [7, 11) is -3.93. The number of carbonyl (C=O) groups is 1. The second-order valence-electron chi connectivity index (χ2n) is 8.98. The van der Waals surface area contributed by atoms with Crippen molar-refractivity contribution in [2.75, 3.05) is 0 Å². The van der Waals surface area contributed by atoms with Crippen molar-refractivity contribution in [2.45, 2.75) is 4.90 Å². The fourth-order valence-electron chi connectivity index (χ4n) is 4.60. The number of fused-ring (bicyclic) bond motifs is 3. The molecule has 6 rings (SSSR count). The SMILES string of the molecule is O=C(Oc1ccc2ccccc2c1C=NNS(=O)(=O)c1ccc2ccccc2c1)c1cccc2ccccc12. The highest BCUT2D eigenvalue weighted by Crippen LogP contribution is 2.29. The van der Waals surface area contributed by atoms with Crippen molar-refractivity contribution in [1.29, 1.82) is 0 Å². The van der Waals surface area contributed by atoms with E-state index in [4.69, 9.17) is 4.74 Å². The summed E-state index contributed by atoms with van der Waals surface area (Å²) in [6.45, 7) is 0. The van der Waals surface area contributed by atoms with Gasteiger partial charge in [-0.05, 0) is 56.6 Å². The number of nitrogens with zero attached hydrogens (tertiary/aromatic N) is 1. The molecule has 0 amide bonds. The summed E-state index contributed by atoms with van der Waals surface area (Å²) in [4.78, 5) is 15.7. The maximum Gasteiger partial charge on any atom is 0.344 e. The zero-order valence-corrected chi connectivity index (χ0v) is 21.4. The Morgan fingerprint density at radius 3 is 2.08 bits per heavy atom. The standard InChI is InChI=1S/C32H22N2O4S/c35-32(29-15-7-12-23-9-3-5-13-27(23)29)38-31-19-17-24-10-4-6-14-28(24)30(31)21-33-34-39(36,37)26-18-16-22-8-1-2-11-25(22)20-26/h1-21,34H. The van der Waals surface area contributed by atoms with Gasteiger partial charge in [-0.2, -0.15) is 13.5 Å². The van der Waals surface area contributed by atoms with Crippen LogP contribution in [-0.2, 0) is 10.0 Å². The molecule has 0 saturated carbocycles. The molecule has 0 aromatic heterocycles. The number of sulfonamides is 1. The van der Waals surface area contributed by atoms with Crippen molar-refractivity contribution in [2.24, 2.45) is 5.10 Å². The molecular weight excluding hydrogens is 508 g/mol. The van der Waals surface area contributed by atoms with Crippen LogP contribution in [0.1, 0.15) is 15.9 Å². The number of hydrogen-bond acceptors (Lipinski definition) is 5. The fourth-order valence-corrected chi connectivity index (χ4v) is 5.43. The highest BCUT2D eigenvalue weighted by Gasteiger charge is 2.17. The lowest BCUT2D eigenvalue weighted by molar-refractivity contribution is 0.0737. The number of hydrogen-bond donors (Lipinski definition) is 1. The number of esters is 1. The van der Waals surface area contributed by atoms with E-state index in [2.05, 4.69) is 9.93 Å². The predicted octanol–water partition coefficient (Wildman–Crippen LogP) is 6.68. The molecule has 6 nitrogen and oxygen atoms in total. The molecule has 0 atom stereocenters. The number of hydrazone groups is 1. The second kappa shape index (κ2) is 10.0. The van der Waals surface area contributed by atoms with E-state index in [-0.39, 0.29) is 10.6 Å². The molecule has 6 aromatic carbocycles. The number of rotatable bonds is 6. The Balaban J connectivity index is 1.34. The van der Waals surface area contributed by atoms with Crippen LogP contribution in [0, 0.1) is 0 Å². The third kappa shape index (κ3) is 4.83. The molecule has 39 heavy (non-hydrogen) atoms.